The molecule has 1 aliphatic heterocycles. The molecule has 0 aromatic carbocycles. The maximum Gasteiger partial charge on any atom is 0.304 e. The third-order valence-electron chi connectivity index (χ3n) is 2.87. The smallest absolute Gasteiger partial charge is 0.304 e. The molecule has 0 aromatic rings. The van der Waals surface area contributed by atoms with Gasteiger partial charge in [0.2, 0.25) is 0 Å². The quantitative estimate of drug-likeness (QED) is 0.582. The zero-order valence-corrected chi connectivity index (χ0v) is 9.95. The lowest BCUT2D eigenvalue weighted by atomic mass is 10.2. The summed E-state index contributed by atoms with van der Waals surface area (Å²) in [5.41, 5.74) is 0. The first-order valence-electron chi connectivity index (χ1n) is 5.89. The van der Waals surface area contributed by atoms with Crippen molar-refractivity contribution in [1.29, 1.82) is 0 Å². The molecule has 94 valence electrons. The highest BCUT2D eigenvalue weighted by molar-refractivity contribution is 5.66. The minimum Gasteiger partial charge on any atom is -0.481 e. The van der Waals surface area contributed by atoms with Crippen LogP contribution in [0, 0.1) is 0 Å². The summed E-state index contributed by atoms with van der Waals surface area (Å²) in [6.07, 6.45) is 2.39. The molecule has 1 fully saturated rings. The number of likely N-dealkylation sites (tertiary alicyclic amines) is 1. The second-order valence-electron chi connectivity index (χ2n) is 4.23. The monoisotopic (exact) mass is 230 g/mol. The normalized spacial score (nSPS) is 21.4. The molecule has 0 aromatic heterocycles. The van der Waals surface area contributed by atoms with E-state index in [0.29, 0.717) is 12.6 Å². The highest BCUT2D eigenvalue weighted by atomic mass is 16.5. The second kappa shape index (κ2) is 7.60. The van der Waals surface area contributed by atoms with Gasteiger partial charge in [-0.3, -0.25) is 4.79 Å². The fourth-order valence-corrected chi connectivity index (χ4v) is 2.02. The Labute approximate surface area is 96.8 Å². The van der Waals surface area contributed by atoms with Gasteiger partial charge in [-0.25, -0.2) is 0 Å². The van der Waals surface area contributed by atoms with Gasteiger partial charge in [0.05, 0.1) is 6.42 Å². The van der Waals surface area contributed by atoms with Crippen LogP contribution in [0.4, 0.5) is 0 Å². The molecule has 0 aliphatic carbocycles. The molecule has 16 heavy (non-hydrogen) atoms. The van der Waals surface area contributed by atoms with Crippen molar-refractivity contribution in [3.63, 3.8) is 0 Å². The molecule has 0 amide bonds. The number of ether oxygens (including phenoxy) is 1. The maximum atomic E-state index is 10.3. The van der Waals surface area contributed by atoms with Gasteiger partial charge in [-0.15, -0.1) is 0 Å². The number of methoxy groups -OCH3 is 1. The number of aliphatic carboxylic acids is 1. The minimum atomic E-state index is -0.734. The number of carboxylic acid groups (broad SMARTS) is 1. The topological polar surface area (TPSA) is 61.8 Å². The summed E-state index contributed by atoms with van der Waals surface area (Å²) in [7, 11) is 1.72. The van der Waals surface area contributed by atoms with E-state index in [1.807, 2.05) is 0 Å². The zero-order chi connectivity index (χ0) is 11.8. The van der Waals surface area contributed by atoms with Crippen LogP contribution in [0.1, 0.15) is 19.3 Å². The van der Waals surface area contributed by atoms with Gasteiger partial charge in [-0.2, -0.15) is 0 Å². The SMILES string of the molecule is COCCCN1CCC(NCCC(=O)O)C1. The third kappa shape index (κ3) is 5.44. The molecule has 1 aliphatic rings. The summed E-state index contributed by atoms with van der Waals surface area (Å²) in [5.74, 6) is -0.734. The molecule has 0 bridgehead atoms. The fraction of sp³-hybridized carbons (Fsp3) is 0.909. The van der Waals surface area contributed by atoms with Crippen molar-refractivity contribution in [3.05, 3.63) is 0 Å². The zero-order valence-electron chi connectivity index (χ0n) is 9.95. The predicted octanol–water partition coefficient (Wildman–Crippen LogP) is 0.162. The van der Waals surface area contributed by atoms with Crippen LogP contribution in [0.25, 0.3) is 0 Å². The van der Waals surface area contributed by atoms with Gasteiger partial charge in [-0.05, 0) is 19.4 Å². The van der Waals surface area contributed by atoms with Crippen LogP contribution in [0.2, 0.25) is 0 Å². The Morgan fingerprint density at radius 1 is 1.62 bits per heavy atom. The van der Waals surface area contributed by atoms with Crippen molar-refractivity contribution < 1.29 is 14.6 Å². The van der Waals surface area contributed by atoms with Gasteiger partial charge in [0, 0.05) is 39.4 Å². The lowest BCUT2D eigenvalue weighted by Crippen LogP contribution is -2.34. The van der Waals surface area contributed by atoms with E-state index in [9.17, 15) is 4.79 Å². The molecule has 1 heterocycles. The van der Waals surface area contributed by atoms with Gasteiger partial charge in [-0.1, -0.05) is 0 Å². The van der Waals surface area contributed by atoms with E-state index in [-0.39, 0.29) is 6.42 Å². The average Bonchev–Trinajstić information content (AvgIpc) is 2.66. The van der Waals surface area contributed by atoms with E-state index in [1.54, 1.807) is 7.11 Å². The molecule has 1 unspecified atom stereocenters. The first-order chi connectivity index (χ1) is 7.72. The second-order valence-corrected chi connectivity index (χ2v) is 4.23. The highest BCUT2D eigenvalue weighted by Crippen LogP contribution is 2.09. The molecule has 1 atom stereocenters. The Hall–Kier alpha value is -0.650. The number of hydrogen-bond acceptors (Lipinski definition) is 4. The number of carbonyl (C=O) groups is 1. The van der Waals surface area contributed by atoms with Crippen LogP contribution in [0.5, 0.6) is 0 Å². The molecule has 1 rings (SSSR count). The standard InChI is InChI=1S/C11H22N2O3/c1-16-8-2-6-13-7-4-10(9-13)12-5-3-11(14)15/h10,12H,2-9H2,1H3,(H,14,15). The predicted molar refractivity (Wildman–Crippen MR) is 61.6 cm³/mol. The number of carboxylic acids is 1. The van der Waals surface area contributed by atoms with Crippen molar-refractivity contribution >= 4 is 5.97 Å². The first-order valence-corrected chi connectivity index (χ1v) is 5.89. The van der Waals surface area contributed by atoms with Crippen molar-refractivity contribution in [3.8, 4) is 0 Å². The van der Waals surface area contributed by atoms with Gasteiger partial charge in [0.1, 0.15) is 0 Å². The van der Waals surface area contributed by atoms with E-state index in [0.717, 1.165) is 39.1 Å². The number of nitrogens with zero attached hydrogens (tertiary/aromatic N) is 1. The van der Waals surface area contributed by atoms with E-state index in [1.165, 1.54) is 0 Å². The summed E-state index contributed by atoms with van der Waals surface area (Å²) in [6.45, 7) is 4.60. The Balaban J connectivity index is 2.03. The van der Waals surface area contributed by atoms with Crippen LogP contribution in [-0.2, 0) is 9.53 Å². The maximum absolute atomic E-state index is 10.3. The Morgan fingerprint density at radius 3 is 3.12 bits per heavy atom. The van der Waals surface area contributed by atoms with Gasteiger partial charge < -0.3 is 20.1 Å². The van der Waals surface area contributed by atoms with Crippen molar-refractivity contribution in [2.24, 2.45) is 0 Å². The molecule has 2 N–H and O–H groups in total. The number of rotatable bonds is 8. The van der Waals surface area contributed by atoms with E-state index in [4.69, 9.17) is 9.84 Å². The molecule has 0 radical (unpaired) electrons. The van der Waals surface area contributed by atoms with E-state index in [2.05, 4.69) is 10.2 Å². The van der Waals surface area contributed by atoms with Crippen LogP contribution in [0.15, 0.2) is 0 Å². The van der Waals surface area contributed by atoms with Gasteiger partial charge >= 0.3 is 5.97 Å². The lowest BCUT2D eigenvalue weighted by molar-refractivity contribution is -0.136. The first kappa shape index (κ1) is 13.4. The van der Waals surface area contributed by atoms with Crippen LogP contribution < -0.4 is 5.32 Å². The van der Waals surface area contributed by atoms with Gasteiger partial charge in [0.15, 0.2) is 0 Å². The largest absolute Gasteiger partial charge is 0.481 e. The van der Waals surface area contributed by atoms with Crippen molar-refractivity contribution in [2.75, 3.05) is 39.9 Å². The van der Waals surface area contributed by atoms with E-state index < -0.39 is 5.97 Å². The third-order valence-corrected chi connectivity index (χ3v) is 2.87. The van der Waals surface area contributed by atoms with Crippen molar-refractivity contribution in [1.82, 2.24) is 10.2 Å². The Kier molecular flexibility index (Phi) is 6.37. The molecule has 0 spiro atoms. The minimum absolute atomic E-state index is 0.209. The van der Waals surface area contributed by atoms with Crippen LogP contribution in [0.3, 0.4) is 0 Å². The molecule has 5 nitrogen and oxygen atoms in total. The molecule has 1 saturated heterocycles. The molecular formula is C11H22N2O3. The molecular weight excluding hydrogens is 208 g/mol. The van der Waals surface area contributed by atoms with E-state index >= 15 is 0 Å². The summed E-state index contributed by atoms with van der Waals surface area (Å²) >= 11 is 0. The Morgan fingerprint density at radius 2 is 2.44 bits per heavy atom. The molecule has 0 saturated carbocycles. The summed E-state index contributed by atoms with van der Waals surface area (Å²) in [6, 6.07) is 0.460. The average molecular weight is 230 g/mol. The highest BCUT2D eigenvalue weighted by Gasteiger charge is 2.21. The lowest BCUT2D eigenvalue weighted by Gasteiger charge is -2.16. The van der Waals surface area contributed by atoms with Crippen LogP contribution >= 0.6 is 0 Å². The number of hydrogen-bond donors (Lipinski definition) is 2. The van der Waals surface area contributed by atoms with Crippen LogP contribution in [-0.4, -0.2) is 61.9 Å². The summed E-state index contributed by atoms with van der Waals surface area (Å²) < 4.78 is 5.01. The van der Waals surface area contributed by atoms with Gasteiger partial charge in [0.25, 0.3) is 0 Å². The molecule has 5 heteroatoms. The van der Waals surface area contributed by atoms with Crippen molar-refractivity contribution in [2.45, 2.75) is 25.3 Å². The summed E-state index contributed by atoms with van der Waals surface area (Å²) in [4.78, 5) is 12.7. The summed E-state index contributed by atoms with van der Waals surface area (Å²) in [5, 5.41) is 11.8. The number of nitrogens with one attached hydrogen (secondary N) is 1. The fourth-order valence-electron chi connectivity index (χ4n) is 2.02. The Bertz CT molecular complexity index is 211.